The van der Waals surface area contributed by atoms with E-state index in [-0.39, 0.29) is 6.10 Å². The maximum Gasteiger partial charge on any atom is 0.115 e. The van der Waals surface area contributed by atoms with Crippen molar-refractivity contribution in [2.24, 2.45) is 0 Å². The summed E-state index contributed by atoms with van der Waals surface area (Å²) in [5.41, 5.74) is 0. The number of methoxy groups -OCH3 is 1. The second-order valence-electron chi connectivity index (χ2n) is 3.25. The van der Waals surface area contributed by atoms with Crippen LogP contribution in [0.25, 0.3) is 0 Å². The number of rotatable bonds is 3. The summed E-state index contributed by atoms with van der Waals surface area (Å²) in [5.74, 6) is 0. The van der Waals surface area contributed by atoms with Gasteiger partial charge in [-0.1, -0.05) is 0 Å². The number of hydrogen-bond donors (Lipinski definition) is 3. The Hall–Kier alpha value is -0.200. The van der Waals surface area contributed by atoms with Gasteiger partial charge in [-0.05, 0) is 6.92 Å². The van der Waals surface area contributed by atoms with Crippen LogP contribution in [0.1, 0.15) is 6.92 Å². The van der Waals surface area contributed by atoms with Gasteiger partial charge in [0.1, 0.15) is 24.4 Å². The molecule has 0 saturated carbocycles. The average Bonchev–Trinajstić information content (AvgIpc) is 2.42. The third-order valence-corrected chi connectivity index (χ3v) is 2.35. The Morgan fingerprint density at radius 3 is 2.62 bits per heavy atom. The van der Waals surface area contributed by atoms with Gasteiger partial charge in [-0.2, -0.15) is 0 Å². The number of ether oxygens (including phenoxy) is 2. The van der Waals surface area contributed by atoms with Gasteiger partial charge in [0.25, 0.3) is 0 Å². The van der Waals surface area contributed by atoms with Crippen LogP contribution in [-0.2, 0) is 9.47 Å². The molecular formula is C8H16O5. The minimum absolute atomic E-state index is 0.379. The van der Waals surface area contributed by atoms with Crippen molar-refractivity contribution >= 4 is 0 Å². The van der Waals surface area contributed by atoms with Crippen LogP contribution in [0.5, 0.6) is 0 Å². The third-order valence-electron chi connectivity index (χ3n) is 2.35. The lowest BCUT2D eigenvalue weighted by Gasteiger charge is -2.21. The van der Waals surface area contributed by atoms with Gasteiger partial charge in [0.2, 0.25) is 0 Å². The molecule has 0 aromatic heterocycles. The fraction of sp³-hybridized carbons (Fsp3) is 1.00. The van der Waals surface area contributed by atoms with Gasteiger partial charge in [0, 0.05) is 7.11 Å². The summed E-state index contributed by atoms with van der Waals surface area (Å²) < 4.78 is 10.2. The molecule has 78 valence electrons. The van der Waals surface area contributed by atoms with E-state index in [4.69, 9.17) is 14.6 Å². The molecule has 13 heavy (non-hydrogen) atoms. The minimum Gasteiger partial charge on any atom is -0.394 e. The molecule has 0 aromatic rings. The Kier molecular flexibility index (Phi) is 3.63. The highest BCUT2D eigenvalue weighted by Gasteiger charge is 2.44. The van der Waals surface area contributed by atoms with Gasteiger partial charge in [-0.15, -0.1) is 0 Å². The molecule has 0 amide bonds. The predicted octanol–water partition coefficient (Wildman–Crippen LogP) is -1.50. The largest absolute Gasteiger partial charge is 0.394 e. The molecule has 3 N–H and O–H groups in total. The maximum absolute atomic E-state index is 9.53. The summed E-state index contributed by atoms with van der Waals surface area (Å²) in [6.45, 7) is 1.30. The first-order chi connectivity index (χ1) is 6.11. The molecule has 1 fully saturated rings. The Morgan fingerprint density at radius 2 is 2.15 bits per heavy atom. The highest BCUT2D eigenvalue weighted by atomic mass is 16.6. The van der Waals surface area contributed by atoms with Gasteiger partial charge in [-0.25, -0.2) is 0 Å². The van der Waals surface area contributed by atoms with Crippen LogP contribution in [-0.4, -0.2) is 59.6 Å². The molecule has 5 atom stereocenters. The summed E-state index contributed by atoms with van der Waals surface area (Å²) in [4.78, 5) is 0. The molecule has 0 bridgehead atoms. The lowest BCUT2D eigenvalue weighted by atomic mass is 10.0. The molecule has 1 aliphatic rings. The van der Waals surface area contributed by atoms with Crippen molar-refractivity contribution in [1.29, 1.82) is 0 Å². The van der Waals surface area contributed by atoms with E-state index in [9.17, 15) is 10.2 Å². The van der Waals surface area contributed by atoms with E-state index in [0.29, 0.717) is 0 Å². The summed E-state index contributed by atoms with van der Waals surface area (Å²) in [6, 6.07) is 0. The van der Waals surface area contributed by atoms with Crippen LogP contribution in [0, 0.1) is 0 Å². The van der Waals surface area contributed by atoms with Crippen molar-refractivity contribution in [3.63, 3.8) is 0 Å². The minimum atomic E-state index is -1.01. The first kappa shape index (κ1) is 10.9. The summed E-state index contributed by atoms with van der Waals surface area (Å²) >= 11 is 0. The van der Waals surface area contributed by atoms with E-state index in [1.54, 1.807) is 6.92 Å². The lowest BCUT2D eigenvalue weighted by molar-refractivity contribution is -0.0877. The van der Waals surface area contributed by atoms with Crippen molar-refractivity contribution in [1.82, 2.24) is 0 Å². The number of aliphatic hydroxyl groups excluding tert-OH is 3. The average molecular weight is 192 g/mol. The van der Waals surface area contributed by atoms with Crippen molar-refractivity contribution in [3.05, 3.63) is 0 Å². The van der Waals surface area contributed by atoms with Gasteiger partial charge < -0.3 is 24.8 Å². The standard InChI is InChI=1S/C8H16O5/c1-4-6(11)8(12-2)7(13-4)5(10)3-9/h4-11H,3H2,1-2H3/t4-,5-,6-,7+,8?/m1/s1. The fourth-order valence-corrected chi connectivity index (χ4v) is 1.55. The SMILES string of the molecule is COC1[C@H]([C@H](O)CO)O[C@H](C)[C@H]1O. The number of hydrogen-bond acceptors (Lipinski definition) is 5. The molecule has 0 spiro atoms. The van der Waals surface area contributed by atoms with Crippen LogP contribution in [0.2, 0.25) is 0 Å². The van der Waals surface area contributed by atoms with Crippen LogP contribution >= 0.6 is 0 Å². The first-order valence-electron chi connectivity index (χ1n) is 4.27. The first-order valence-corrected chi connectivity index (χ1v) is 4.27. The van der Waals surface area contributed by atoms with Crippen LogP contribution in [0.3, 0.4) is 0 Å². The molecule has 0 radical (unpaired) electrons. The van der Waals surface area contributed by atoms with Gasteiger partial charge in [-0.3, -0.25) is 0 Å². The zero-order chi connectivity index (χ0) is 10.0. The van der Waals surface area contributed by atoms with E-state index >= 15 is 0 Å². The number of aliphatic hydroxyl groups is 3. The van der Waals surface area contributed by atoms with E-state index in [2.05, 4.69) is 0 Å². The van der Waals surface area contributed by atoms with Gasteiger partial charge in [0.15, 0.2) is 0 Å². The Bertz CT molecular complexity index is 163. The quantitative estimate of drug-likeness (QED) is 0.507. The molecule has 0 aromatic carbocycles. The van der Waals surface area contributed by atoms with Crippen molar-refractivity contribution in [2.45, 2.75) is 37.4 Å². The normalized spacial score (nSPS) is 42.2. The molecule has 1 saturated heterocycles. The van der Waals surface area contributed by atoms with E-state index in [0.717, 1.165) is 0 Å². The topological polar surface area (TPSA) is 79.2 Å². The van der Waals surface area contributed by atoms with Crippen molar-refractivity contribution in [3.8, 4) is 0 Å². The Balaban J connectivity index is 2.64. The van der Waals surface area contributed by atoms with E-state index in [1.807, 2.05) is 0 Å². The fourth-order valence-electron chi connectivity index (χ4n) is 1.55. The monoisotopic (exact) mass is 192 g/mol. The van der Waals surface area contributed by atoms with Crippen molar-refractivity contribution < 1.29 is 24.8 Å². The van der Waals surface area contributed by atoms with E-state index in [1.165, 1.54) is 7.11 Å². The van der Waals surface area contributed by atoms with E-state index < -0.39 is 31.0 Å². The molecule has 1 rings (SSSR count). The predicted molar refractivity (Wildman–Crippen MR) is 44.2 cm³/mol. The highest BCUT2D eigenvalue weighted by Crippen LogP contribution is 2.25. The lowest BCUT2D eigenvalue weighted by Crippen LogP contribution is -2.41. The Morgan fingerprint density at radius 1 is 1.54 bits per heavy atom. The maximum atomic E-state index is 9.53. The zero-order valence-electron chi connectivity index (χ0n) is 7.75. The zero-order valence-corrected chi connectivity index (χ0v) is 7.75. The summed E-state index contributed by atoms with van der Waals surface area (Å²) in [7, 11) is 1.44. The van der Waals surface area contributed by atoms with Crippen LogP contribution in [0.15, 0.2) is 0 Å². The molecule has 1 heterocycles. The summed E-state index contributed by atoms with van der Waals surface area (Å²) in [6.07, 6.45) is -3.37. The highest BCUT2D eigenvalue weighted by molar-refractivity contribution is 4.92. The molecule has 1 aliphatic heterocycles. The molecule has 5 nitrogen and oxygen atoms in total. The van der Waals surface area contributed by atoms with Gasteiger partial charge in [0.05, 0.1) is 12.7 Å². The third kappa shape index (κ3) is 2.00. The van der Waals surface area contributed by atoms with Gasteiger partial charge >= 0.3 is 0 Å². The second kappa shape index (κ2) is 4.34. The smallest absolute Gasteiger partial charge is 0.115 e. The second-order valence-corrected chi connectivity index (χ2v) is 3.25. The molecular weight excluding hydrogens is 176 g/mol. The van der Waals surface area contributed by atoms with Crippen LogP contribution in [0.4, 0.5) is 0 Å². The van der Waals surface area contributed by atoms with Crippen LogP contribution < -0.4 is 0 Å². The Labute approximate surface area is 76.9 Å². The molecule has 0 aliphatic carbocycles. The molecule has 5 heteroatoms. The summed E-state index contributed by atoms with van der Waals surface area (Å²) in [5, 5.41) is 27.6. The van der Waals surface area contributed by atoms with Crippen molar-refractivity contribution in [2.75, 3.05) is 13.7 Å². The molecule has 1 unspecified atom stereocenters.